The van der Waals surface area contributed by atoms with E-state index in [2.05, 4.69) is 15.5 Å². The highest BCUT2D eigenvalue weighted by Gasteiger charge is 2.02. The number of hydrogen-bond donors (Lipinski definition) is 1. The maximum absolute atomic E-state index is 5.26. The Bertz CT molecular complexity index is 581. The van der Waals surface area contributed by atoms with Crippen molar-refractivity contribution < 1.29 is 9.47 Å². The third-order valence-electron chi connectivity index (χ3n) is 2.42. The molecule has 0 atom stereocenters. The van der Waals surface area contributed by atoms with E-state index in [4.69, 9.17) is 9.47 Å². The summed E-state index contributed by atoms with van der Waals surface area (Å²) in [5.74, 6) is 1.49. The zero-order chi connectivity index (χ0) is 13.7. The number of nitrogens with one attached hydrogen (secondary N) is 1. The molecule has 1 aromatic heterocycles. The average molecular weight is 277 g/mol. The van der Waals surface area contributed by atoms with Gasteiger partial charge in [-0.1, -0.05) is 0 Å². The lowest BCUT2D eigenvalue weighted by atomic mass is 10.2. The SMILES string of the molecule is COc1ccc(OC)c(/C=N\Nc2nc(C)cs2)c1. The highest BCUT2D eigenvalue weighted by Crippen LogP contribution is 2.22. The number of hydrazone groups is 1. The quantitative estimate of drug-likeness (QED) is 0.674. The fraction of sp³-hybridized carbons (Fsp3) is 0.231. The van der Waals surface area contributed by atoms with Crippen molar-refractivity contribution in [1.82, 2.24) is 4.98 Å². The molecule has 0 bridgehead atoms. The summed E-state index contributed by atoms with van der Waals surface area (Å²) in [4.78, 5) is 4.26. The second-order valence-corrected chi connectivity index (χ2v) is 4.63. The minimum atomic E-state index is 0.738. The summed E-state index contributed by atoms with van der Waals surface area (Å²) < 4.78 is 10.4. The van der Waals surface area contributed by atoms with Crippen LogP contribution in [0.1, 0.15) is 11.3 Å². The van der Waals surface area contributed by atoms with Gasteiger partial charge >= 0.3 is 0 Å². The van der Waals surface area contributed by atoms with E-state index in [-0.39, 0.29) is 0 Å². The molecule has 2 rings (SSSR count). The van der Waals surface area contributed by atoms with Crippen LogP contribution in [0.25, 0.3) is 0 Å². The lowest BCUT2D eigenvalue weighted by Crippen LogP contribution is -1.95. The average Bonchev–Trinajstić information content (AvgIpc) is 2.84. The number of aromatic nitrogens is 1. The van der Waals surface area contributed by atoms with Gasteiger partial charge in [0.2, 0.25) is 5.13 Å². The van der Waals surface area contributed by atoms with Crippen LogP contribution in [0.15, 0.2) is 28.7 Å². The number of nitrogens with zero attached hydrogens (tertiary/aromatic N) is 2. The normalized spacial score (nSPS) is 10.7. The molecule has 0 spiro atoms. The summed E-state index contributed by atoms with van der Waals surface area (Å²) in [5.41, 5.74) is 4.69. The summed E-state index contributed by atoms with van der Waals surface area (Å²) >= 11 is 1.51. The van der Waals surface area contributed by atoms with E-state index in [1.807, 2.05) is 30.5 Å². The summed E-state index contributed by atoms with van der Waals surface area (Å²) in [6.07, 6.45) is 1.68. The van der Waals surface area contributed by atoms with Crippen molar-refractivity contribution in [3.8, 4) is 11.5 Å². The van der Waals surface area contributed by atoms with Crippen molar-refractivity contribution in [2.24, 2.45) is 5.10 Å². The Balaban J connectivity index is 2.12. The first-order valence-corrected chi connectivity index (χ1v) is 6.54. The predicted molar refractivity (Wildman–Crippen MR) is 77.6 cm³/mol. The van der Waals surface area contributed by atoms with Gasteiger partial charge in [0, 0.05) is 10.9 Å². The molecule has 0 aliphatic carbocycles. The van der Waals surface area contributed by atoms with Crippen LogP contribution in [0.3, 0.4) is 0 Å². The first-order chi connectivity index (χ1) is 9.22. The Morgan fingerprint density at radius 3 is 2.79 bits per heavy atom. The molecule has 5 nitrogen and oxygen atoms in total. The molecule has 19 heavy (non-hydrogen) atoms. The summed E-state index contributed by atoms with van der Waals surface area (Å²) in [6, 6.07) is 5.54. The van der Waals surface area contributed by atoms with Crippen LogP contribution in [0.4, 0.5) is 5.13 Å². The van der Waals surface area contributed by atoms with Crippen molar-refractivity contribution in [2.45, 2.75) is 6.92 Å². The van der Waals surface area contributed by atoms with E-state index in [1.54, 1.807) is 20.4 Å². The van der Waals surface area contributed by atoms with Gasteiger partial charge in [-0.3, -0.25) is 5.43 Å². The zero-order valence-corrected chi connectivity index (χ0v) is 11.8. The van der Waals surface area contributed by atoms with Crippen LogP contribution >= 0.6 is 11.3 Å². The number of anilines is 1. The number of ether oxygens (including phenoxy) is 2. The molecule has 0 unspecified atom stereocenters. The number of aryl methyl sites for hydroxylation is 1. The van der Waals surface area contributed by atoms with Crippen LogP contribution in [0.2, 0.25) is 0 Å². The van der Waals surface area contributed by atoms with E-state index in [9.17, 15) is 0 Å². The lowest BCUT2D eigenvalue weighted by Gasteiger charge is -2.06. The number of thiazole rings is 1. The molecule has 0 fully saturated rings. The fourth-order valence-electron chi connectivity index (χ4n) is 1.50. The summed E-state index contributed by atoms with van der Waals surface area (Å²) in [6.45, 7) is 1.94. The molecular weight excluding hydrogens is 262 g/mol. The smallest absolute Gasteiger partial charge is 0.203 e. The molecule has 6 heteroatoms. The van der Waals surface area contributed by atoms with E-state index in [0.717, 1.165) is 27.9 Å². The van der Waals surface area contributed by atoms with E-state index < -0.39 is 0 Å². The zero-order valence-electron chi connectivity index (χ0n) is 11.0. The second-order valence-electron chi connectivity index (χ2n) is 3.77. The van der Waals surface area contributed by atoms with Crippen molar-refractivity contribution in [3.05, 3.63) is 34.8 Å². The number of methoxy groups -OCH3 is 2. The molecule has 0 aliphatic rings. The van der Waals surface area contributed by atoms with Gasteiger partial charge in [0.25, 0.3) is 0 Å². The fourth-order valence-corrected chi connectivity index (χ4v) is 2.14. The van der Waals surface area contributed by atoms with E-state index in [0.29, 0.717) is 0 Å². The first kappa shape index (κ1) is 13.4. The van der Waals surface area contributed by atoms with Gasteiger partial charge in [-0.2, -0.15) is 5.10 Å². The maximum atomic E-state index is 5.26. The predicted octanol–water partition coefficient (Wildman–Crippen LogP) is 2.91. The molecule has 0 radical (unpaired) electrons. The van der Waals surface area contributed by atoms with Gasteiger partial charge in [-0.05, 0) is 25.1 Å². The summed E-state index contributed by atoms with van der Waals surface area (Å²) in [5, 5.41) is 6.87. The first-order valence-electron chi connectivity index (χ1n) is 5.66. The van der Waals surface area contributed by atoms with Crippen LogP contribution in [-0.2, 0) is 0 Å². The van der Waals surface area contributed by atoms with Gasteiger partial charge in [0.1, 0.15) is 11.5 Å². The number of hydrogen-bond acceptors (Lipinski definition) is 6. The third-order valence-corrected chi connectivity index (χ3v) is 3.28. The Labute approximate surface area is 115 Å². The second kappa shape index (κ2) is 6.19. The monoisotopic (exact) mass is 277 g/mol. The molecule has 0 saturated heterocycles. The molecule has 2 aromatic rings. The van der Waals surface area contributed by atoms with Gasteiger partial charge in [-0.25, -0.2) is 4.98 Å². The molecular formula is C13H15N3O2S. The van der Waals surface area contributed by atoms with E-state index >= 15 is 0 Å². The highest BCUT2D eigenvalue weighted by atomic mass is 32.1. The minimum Gasteiger partial charge on any atom is -0.497 e. The van der Waals surface area contributed by atoms with Gasteiger partial charge in [-0.15, -0.1) is 11.3 Å². The minimum absolute atomic E-state index is 0.738. The van der Waals surface area contributed by atoms with Gasteiger partial charge in [0.05, 0.1) is 26.1 Å². The maximum Gasteiger partial charge on any atom is 0.203 e. The van der Waals surface area contributed by atoms with Crippen molar-refractivity contribution >= 4 is 22.7 Å². The standard InChI is InChI=1S/C13H15N3O2S/c1-9-8-19-13(15-9)16-14-7-10-6-11(17-2)4-5-12(10)18-3/h4-8H,1-3H3,(H,15,16)/b14-7-. The molecule has 0 aliphatic heterocycles. The summed E-state index contributed by atoms with van der Waals surface area (Å²) in [7, 11) is 3.25. The molecule has 0 amide bonds. The molecule has 1 heterocycles. The Hall–Kier alpha value is -2.08. The van der Waals surface area contributed by atoms with Crippen LogP contribution < -0.4 is 14.9 Å². The van der Waals surface area contributed by atoms with E-state index in [1.165, 1.54) is 11.3 Å². The van der Waals surface area contributed by atoms with Crippen LogP contribution in [-0.4, -0.2) is 25.4 Å². The molecule has 1 aromatic carbocycles. The molecule has 0 saturated carbocycles. The Kier molecular flexibility index (Phi) is 4.35. The lowest BCUT2D eigenvalue weighted by molar-refractivity contribution is 0.402. The Morgan fingerprint density at radius 2 is 2.16 bits per heavy atom. The highest BCUT2D eigenvalue weighted by molar-refractivity contribution is 7.13. The topological polar surface area (TPSA) is 55.7 Å². The largest absolute Gasteiger partial charge is 0.497 e. The van der Waals surface area contributed by atoms with Crippen molar-refractivity contribution in [2.75, 3.05) is 19.6 Å². The van der Waals surface area contributed by atoms with Gasteiger partial charge in [0.15, 0.2) is 0 Å². The Morgan fingerprint density at radius 1 is 1.32 bits per heavy atom. The number of rotatable bonds is 5. The number of benzene rings is 1. The molecule has 1 N–H and O–H groups in total. The van der Waals surface area contributed by atoms with Crippen LogP contribution in [0.5, 0.6) is 11.5 Å². The molecule has 100 valence electrons. The van der Waals surface area contributed by atoms with Crippen LogP contribution in [0, 0.1) is 6.92 Å². The van der Waals surface area contributed by atoms with Gasteiger partial charge < -0.3 is 9.47 Å². The van der Waals surface area contributed by atoms with Crippen molar-refractivity contribution in [1.29, 1.82) is 0 Å². The van der Waals surface area contributed by atoms with Crippen molar-refractivity contribution in [3.63, 3.8) is 0 Å². The third kappa shape index (κ3) is 3.45.